The van der Waals surface area contributed by atoms with Gasteiger partial charge in [0.05, 0.1) is 6.61 Å². The van der Waals surface area contributed by atoms with Crippen molar-refractivity contribution in [3.63, 3.8) is 0 Å². The zero-order valence-electron chi connectivity index (χ0n) is 11.3. The first-order valence-corrected chi connectivity index (χ1v) is 6.89. The molecule has 1 N–H and O–H groups in total. The molecule has 0 aromatic heterocycles. The second-order valence-corrected chi connectivity index (χ2v) is 4.81. The molecule has 3 nitrogen and oxygen atoms in total. The van der Waals surface area contributed by atoms with Crippen molar-refractivity contribution in [3.05, 3.63) is 24.3 Å². The Hall–Kier alpha value is -1.22. The molecule has 1 unspecified atom stereocenters. The van der Waals surface area contributed by atoms with E-state index in [4.69, 9.17) is 9.47 Å². The molecule has 0 heterocycles. The molecule has 1 aromatic rings. The van der Waals surface area contributed by atoms with Gasteiger partial charge in [0.1, 0.15) is 6.61 Å². The molecule has 1 saturated carbocycles. The average Bonchev–Trinajstić information content (AvgIpc) is 3.21. The van der Waals surface area contributed by atoms with Crippen molar-refractivity contribution in [2.45, 2.75) is 32.7 Å². The van der Waals surface area contributed by atoms with Crippen LogP contribution in [0.3, 0.4) is 0 Å². The van der Waals surface area contributed by atoms with Gasteiger partial charge in [0.15, 0.2) is 11.5 Å². The van der Waals surface area contributed by atoms with E-state index >= 15 is 0 Å². The summed E-state index contributed by atoms with van der Waals surface area (Å²) >= 11 is 0. The van der Waals surface area contributed by atoms with Crippen LogP contribution in [-0.2, 0) is 0 Å². The summed E-state index contributed by atoms with van der Waals surface area (Å²) in [6.45, 7) is 6.47. The monoisotopic (exact) mass is 249 g/mol. The van der Waals surface area contributed by atoms with Crippen LogP contribution in [0.25, 0.3) is 0 Å². The van der Waals surface area contributed by atoms with Gasteiger partial charge in [-0.2, -0.15) is 0 Å². The smallest absolute Gasteiger partial charge is 0.161 e. The zero-order chi connectivity index (χ0) is 12.8. The van der Waals surface area contributed by atoms with Gasteiger partial charge in [0.2, 0.25) is 0 Å². The van der Waals surface area contributed by atoms with Crippen molar-refractivity contribution >= 4 is 0 Å². The van der Waals surface area contributed by atoms with Crippen molar-refractivity contribution in [3.8, 4) is 11.5 Å². The lowest BCUT2D eigenvalue weighted by Crippen LogP contribution is -2.31. The van der Waals surface area contributed by atoms with E-state index in [-0.39, 0.29) is 0 Å². The number of rotatable bonds is 8. The van der Waals surface area contributed by atoms with Gasteiger partial charge in [0.25, 0.3) is 0 Å². The Kier molecular flexibility index (Phi) is 4.88. The van der Waals surface area contributed by atoms with Crippen molar-refractivity contribution in [2.24, 2.45) is 5.92 Å². The molecule has 0 radical (unpaired) electrons. The molecular formula is C15H23NO2. The van der Waals surface area contributed by atoms with E-state index in [9.17, 15) is 0 Å². The summed E-state index contributed by atoms with van der Waals surface area (Å²) < 4.78 is 11.3. The maximum atomic E-state index is 5.75. The summed E-state index contributed by atoms with van der Waals surface area (Å²) in [6, 6.07) is 8.45. The third-order valence-electron chi connectivity index (χ3n) is 3.30. The molecule has 0 bridgehead atoms. The molecule has 0 aliphatic heterocycles. The fraction of sp³-hybridized carbons (Fsp3) is 0.600. The van der Waals surface area contributed by atoms with Gasteiger partial charge < -0.3 is 14.8 Å². The van der Waals surface area contributed by atoms with Gasteiger partial charge in [-0.05, 0) is 44.7 Å². The predicted octanol–water partition coefficient (Wildman–Crippen LogP) is 2.85. The summed E-state index contributed by atoms with van der Waals surface area (Å²) in [4.78, 5) is 0. The van der Waals surface area contributed by atoms with Crippen molar-refractivity contribution < 1.29 is 9.47 Å². The Morgan fingerprint density at radius 1 is 1.22 bits per heavy atom. The lowest BCUT2D eigenvalue weighted by Gasteiger charge is -2.14. The topological polar surface area (TPSA) is 30.5 Å². The van der Waals surface area contributed by atoms with Crippen LogP contribution in [-0.4, -0.2) is 25.8 Å². The number of hydrogen-bond donors (Lipinski definition) is 1. The van der Waals surface area contributed by atoms with E-state index < -0.39 is 0 Å². The molecule has 1 aromatic carbocycles. The number of nitrogens with one attached hydrogen (secondary N) is 1. The molecular weight excluding hydrogens is 226 g/mol. The van der Waals surface area contributed by atoms with Gasteiger partial charge in [-0.3, -0.25) is 0 Å². The SMILES string of the molecule is CCOc1ccccc1OCCNC(C)C1CC1. The molecule has 18 heavy (non-hydrogen) atoms. The lowest BCUT2D eigenvalue weighted by molar-refractivity contribution is 0.271. The van der Waals surface area contributed by atoms with Crippen LogP contribution >= 0.6 is 0 Å². The zero-order valence-corrected chi connectivity index (χ0v) is 11.3. The Balaban J connectivity index is 1.71. The van der Waals surface area contributed by atoms with E-state index in [0.29, 0.717) is 19.3 Å². The fourth-order valence-electron chi connectivity index (χ4n) is 2.05. The Morgan fingerprint density at radius 3 is 2.50 bits per heavy atom. The molecule has 3 heteroatoms. The minimum Gasteiger partial charge on any atom is -0.490 e. The van der Waals surface area contributed by atoms with E-state index in [0.717, 1.165) is 24.0 Å². The molecule has 1 atom stereocenters. The lowest BCUT2D eigenvalue weighted by atomic mass is 10.2. The largest absolute Gasteiger partial charge is 0.490 e. The van der Waals surface area contributed by atoms with E-state index in [2.05, 4.69) is 12.2 Å². The molecule has 1 fully saturated rings. The van der Waals surface area contributed by atoms with Gasteiger partial charge in [-0.25, -0.2) is 0 Å². The van der Waals surface area contributed by atoms with Gasteiger partial charge in [0, 0.05) is 12.6 Å². The highest BCUT2D eigenvalue weighted by Crippen LogP contribution is 2.32. The molecule has 0 amide bonds. The first kappa shape index (κ1) is 13.2. The van der Waals surface area contributed by atoms with Crippen molar-refractivity contribution in [1.29, 1.82) is 0 Å². The fourth-order valence-corrected chi connectivity index (χ4v) is 2.05. The summed E-state index contributed by atoms with van der Waals surface area (Å²) in [6.07, 6.45) is 2.75. The highest BCUT2D eigenvalue weighted by atomic mass is 16.5. The predicted molar refractivity (Wildman–Crippen MR) is 73.3 cm³/mol. The van der Waals surface area contributed by atoms with E-state index in [1.54, 1.807) is 0 Å². The molecule has 100 valence electrons. The number of para-hydroxylation sites is 2. The van der Waals surface area contributed by atoms with Crippen LogP contribution in [0.2, 0.25) is 0 Å². The van der Waals surface area contributed by atoms with Crippen LogP contribution in [0.4, 0.5) is 0 Å². The van der Waals surface area contributed by atoms with Gasteiger partial charge in [-0.1, -0.05) is 12.1 Å². The van der Waals surface area contributed by atoms with Gasteiger partial charge >= 0.3 is 0 Å². The third kappa shape index (κ3) is 3.91. The first-order valence-electron chi connectivity index (χ1n) is 6.89. The van der Waals surface area contributed by atoms with Crippen molar-refractivity contribution in [1.82, 2.24) is 5.32 Å². The van der Waals surface area contributed by atoms with Crippen LogP contribution in [0.5, 0.6) is 11.5 Å². The highest BCUT2D eigenvalue weighted by Gasteiger charge is 2.27. The van der Waals surface area contributed by atoms with E-state index in [1.807, 2.05) is 31.2 Å². The second kappa shape index (κ2) is 6.64. The van der Waals surface area contributed by atoms with Crippen molar-refractivity contribution in [2.75, 3.05) is 19.8 Å². The first-order chi connectivity index (χ1) is 8.81. The maximum Gasteiger partial charge on any atom is 0.161 e. The van der Waals surface area contributed by atoms with Crippen LogP contribution in [0, 0.1) is 5.92 Å². The average molecular weight is 249 g/mol. The van der Waals surface area contributed by atoms with E-state index in [1.165, 1.54) is 12.8 Å². The number of benzene rings is 1. The standard InChI is InChI=1S/C15H23NO2/c1-3-17-14-6-4-5-7-15(14)18-11-10-16-12(2)13-8-9-13/h4-7,12-13,16H,3,8-11H2,1-2H3. The normalized spacial score (nSPS) is 16.3. The maximum absolute atomic E-state index is 5.75. The summed E-state index contributed by atoms with van der Waals surface area (Å²) in [7, 11) is 0. The van der Waals surface area contributed by atoms with Crippen LogP contribution in [0.1, 0.15) is 26.7 Å². The summed E-state index contributed by atoms with van der Waals surface area (Å²) in [5, 5.41) is 3.50. The Morgan fingerprint density at radius 2 is 1.89 bits per heavy atom. The molecule has 2 rings (SSSR count). The molecule has 1 aliphatic carbocycles. The molecule has 0 spiro atoms. The molecule has 0 saturated heterocycles. The Bertz CT molecular complexity index is 363. The second-order valence-electron chi connectivity index (χ2n) is 4.81. The number of ether oxygens (including phenoxy) is 2. The number of hydrogen-bond acceptors (Lipinski definition) is 3. The quantitative estimate of drug-likeness (QED) is 0.719. The minimum absolute atomic E-state index is 0.621. The Labute approximate surface area is 109 Å². The molecule has 1 aliphatic rings. The summed E-state index contributed by atoms with van der Waals surface area (Å²) in [5.74, 6) is 2.55. The summed E-state index contributed by atoms with van der Waals surface area (Å²) in [5.41, 5.74) is 0. The minimum atomic E-state index is 0.621. The third-order valence-corrected chi connectivity index (χ3v) is 3.30. The van der Waals surface area contributed by atoms with Crippen LogP contribution in [0.15, 0.2) is 24.3 Å². The van der Waals surface area contributed by atoms with Crippen LogP contribution < -0.4 is 14.8 Å². The van der Waals surface area contributed by atoms with Gasteiger partial charge in [-0.15, -0.1) is 0 Å². The highest BCUT2D eigenvalue weighted by molar-refractivity contribution is 5.39.